The second-order valence-corrected chi connectivity index (χ2v) is 5.26. The van der Waals surface area contributed by atoms with Crippen molar-refractivity contribution in [1.82, 2.24) is 4.98 Å². The van der Waals surface area contributed by atoms with Crippen molar-refractivity contribution < 1.29 is 9.84 Å². The minimum atomic E-state index is -0.822. The minimum absolute atomic E-state index is 0.274. The average Bonchev–Trinajstić information content (AvgIpc) is 2.44. The lowest BCUT2D eigenvalue weighted by Gasteiger charge is -2.17. The molecule has 2 aromatic rings. The monoisotopic (exact) mass is 269 g/mol. The van der Waals surface area contributed by atoms with Crippen molar-refractivity contribution in [2.75, 3.05) is 6.61 Å². The highest BCUT2D eigenvalue weighted by Gasteiger charge is 2.12. The summed E-state index contributed by atoms with van der Waals surface area (Å²) in [5.74, 6) is 0.752. The molecule has 1 aromatic carbocycles. The maximum atomic E-state index is 9.60. The van der Waals surface area contributed by atoms with Gasteiger partial charge in [0.25, 0.3) is 0 Å². The van der Waals surface area contributed by atoms with Crippen LogP contribution in [-0.2, 0) is 0 Å². The Balaban J connectivity index is 1.96. The van der Waals surface area contributed by atoms with Gasteiger partial charge in [-0.15, -0.1) is 0 Å². The number of ether oxygens (including phenoxy) is 1. The summed E-state index contributed by atoms with van der Waals surface area (Å²) in [6.45, 7) is 3.71. The summed E-state index contributed by atoms with van der Waals surface area (Å²) >= 11 is 0. The highest BCUT2D eigenvalue weighted by atomic mass is 16.5. The van der Waals surface area contributed by atoms with Crippen LogP contribution >= 0.6 is 0 Å². The summed E-state index contributed by atoms with van der Waals surface area (Å²) < 4.78 is 5.50. The number of hydrogen-bond donors (Lipinski definition) is 1. The molecule has 104 valence electrons. The van der Waals surface area contributed by atoms with Gasteiger partial charge in [-0.2, -0.15) is 0 Å². The van der Waals surface area contributed by atoms with Crippen molar-refractivity contribution in [3.63, 3.8) is 0 Å². The number of aromatic nitrogens is 1. The van der Waals surface area contributed by atoms with E-state index in [4.69, 9.17) is 4.74 Å². The summed E-state index contributed by atoms with van der Waals surface area (Å²) in [6.07, 6.45) is 5.74. The Bertz CT molecular complexity index is 554. The van der Waals surface area contributed by atoms with E-state index in [-0.39, 0.29) is 6.61 Å². The lowest BCUT2D eigenvalue weighted by Crippen LogP contribution is -2.27. The SMILES string of the molecule is CC(C)(O)COc1ccc(/C=C/c2ccccn2)cc1. The fourth-order valence-corrected chi connectivity index (χ4v) is 1.59. The van der Waals surface area contributed by atoms with Gasteiger partial charge in [-0.05, 0) is 49.8 Å². The zero-order chi connectivity index (χ0) is 14.4. The van der Waals surface area contributed by atoms with Crippen molar-refractivity contribution in [1.29, 1.82) is 0 Å². The first kappa shape index (κ1) is 14.3. The van der Waals surface area contributed by atoms with Crippen LogP contribution in [0.25, 0.3) is 12.2 Å². The number of pyridine rings is 1. The predicted octanol–water partition coefficient (Wildman–Crippen LogP) is 3.40. The molecule has 0 saturated heterocycles. The normalized spacial score (nSPS) is 11.8. The van der Waals surface area contributed by atoms with Crippen LogP contribution in [0.4, 0.5) is 0 Å². The van der Waals surface area contributed by atoms with Crippen molar-refractivity contribution >= 4 is 12.2 Å². The number of hydrogen-bond acceptors (Lipinski definition) is 3. The molecule has 0 saturated carbocycles. The summed E-state index contributed by atoms with van der Waals surface area (Å²) in [5.41, 5.74) is 1.18. The molecule has 0 aliphatic heterocycles. The Hall–Kier alpha value is -2.13. The highest BCUT2D eigenvalue weighted by Crippen LogP contribution is 2.15. The Morgan fingerprint density at radius 1 is 1.10 bits per heavy atom. The first-order chi connectivity index (χ1) is 9.53. The molecule has 0 atom stereocenters. The smallest absolute Gasteiger partial charge is 0.119 e. The molecular weight excluding hydrogens is 250 g/mol. The van der Waals surface area contributed by atoms with Crippen LogP contribution in [0, 0.1) is 0 Å². The van der Waals surface area contributed by atoms with E-state index >= 15 is 0 Å². The zero-order valence-corrected chi connectivity index (χ0v) is 11.8. The number of aliphatic hydroxyl groups is 1. The van der Waals surface area contributed by atoms with Gasteiger partial charge in [0.2, 0.25) is 0 Å². The van der Waals surface area contributed by atoms with Crippen molar-refractivity contribution in [3.05, 3.63) is 59.9 Å². The lowest BCUT2D eigenvalue weighted by atomic mass is 10.1. The molecule has 0 aliphatic carbocycles. The van der Waals surface area contributed by atoms with Gasteiger partial charge in [-0.1, -0.05) is 24.3 Å². The topological polar surface area (TPSA) is 42.4 Å². The molecule has 1 aromatic heterocycles. The molecular formula is C17H19NO2. The van der Waals surface area contributed by atoms with Gasteiger partial charge in [0.05, 0.1) is 11.3 Å². The largest absolute Gasteiger partial charge is 0.491 e. The van der Waals surface area contributed by atoms with Crippen LogP contribution in [0.15, 0.2) is 48.7 Å². The van der Waals surface area contributed by atoms with Crippen molar-refractivity contribution in [2.45, 2.75) is 19.4 Å². The van der Waals surface area contributed by atoms with E-state index in [2.05, 4.69) is 4.98 Å². The van der Waals surface area contributed by atoms with E-state index < -0.39 is 5.60 Å². The third-order valence-electron chi connectivity index (χ3n) is 2.61. The number of nitrogens with zero attached hydrogens (tertiary/aromatic N) is 1. The maximum absolute atomic E-state index is 9.60. The predicted molar refractivity (Wildman–Crippen MR) is 81.4 cm³/mol. The second kappa shape index (κ2) is 6.35. The van der Waals surface area contributed by atoms with Crippen LogP contribution in [-0.4, -0.2) is 22.3 Å². The Kier molecular flexibility index (Phi) is 4.53. The lowest BCUT2D eigenvalue weighted by molar-refractivity contribution is 0.0285. The van der Waals surface area contributed by atoms with Gasteiger partial charge >= 0.3 is 0 Å². The van der Waals surface area contributed by atoms with E-state index in [9.17, 15) is 5.11 Å². The molecule has 2 rings (SSSR count). The fraction of sp³-hybridized carbons (Fsp3) is 0.235. The molecule has 3 nitrogen and oxygen atoms in total. The molecule has 0 spiro atoms. The maximum Gasteiger partial charge on any atom is 0.119 e. The first-order valence-corrected chi connectivity index (χ1v) is 6.57. The zero-order valence-electron chi connectivity index (χ0n) is 11.8. The summed E-state index contributed by atoms with van der Waals surface area (Å²) in [7, 11) is 0. The number of rotatable bonds is 5. The van der Waals surface area contributed by atoms with Gasteiger partial charge in [0.15, 0.2) is 0 Å². The quantitative estimate of drug-likeness (QED) is 0.904. The molecule has 0 aliphatic rings. The van der Waals surface area contributed by atoms with Crippen LogP contribution < -0.4 is 4.74 Å². The molecule has 0 amide bonds. The summed E-state index contributed by atoms with van der Waals surface area (Å²) in [6, 6.07) is 13.5. The Morgan fingerprint density at radius 2 is 1.85 bits per heavy atom. The Morgan fingerprint density at radius 3 is 2.45 bits per heavy atom. The molecule has 3 heteroatoms. The molecule has 1 heterocycles. The van der Waals surface area contributed by atoms with E-state index in [0.29, 0.717) is 0 Å². The van der Waals surface area contributed by atoms with E-state index in [1.165, 1.54) is 0 Å². The second-order valence-electron chi connectivity index (χ2n) is 5.26. The highest BCUT2D eigenvalue weighted by molar-refractivity contribution is 5.68. The number of benzene rings is 1. The van der Waals surface area contributed by atoms with E-state index in [1.54, 1.807) is 20.0 Å². The molecule has 0 radical (unpaired) electrons. The van der Waals surface area contributed by atoms with Crippen LogP contribution in [0.5, 0.6) is 5.75 Å². The summed E-state index contributed by atoms with van der Waals surface area (Å²) in [4.78, 5) is 4.23. The van der Waals surface area contributed by atoms with Crippen LogP contribution in [0.3, 0.4) is 0 Å². The van der Waals surface area contributed by atoms with Crippen LogP contribution in [0.1, 0.15) is 25.1 Å². The first-order valence-electron chi connectivity index (χ1n) is 6.57. The van der Waals surface area contributed by atoms with E-state index in [1.807, 2.05) is 54.6 Å². The Labute approximate surface area is 119 Å². The minimum Gasteiger partial charge on any atom is -0.491 e. The van der Waals surface area contributed by atoms with Gasteiger partial charge in [0.1, 0.15) is 12.4 Å². The van der Waals surface area contributed by atoms with Crippen molar-refractivity contribution in [2.24, 2.45) is 0 Å². The summed E-state index contributed by atoms with van der Waals surface area (Å²) in [5, 5.41) is 9.60. The van der Waals surface area contributed by atoms with Gasteiger partial charge in [-0.25, -0.2) is 0 Å². The van der Waals surface area contributed by atoms with Gasteiger partial charge in [0, 0.05) is 6.20 Å². The van der Waals surface area contributed by atoms with Gasteiger partial charge < -0.3 is 9.84 Å². The molecule has 0 fully saturated rings. The molecule has 1 N–H and O–H groups in total. The molecule has 0 bridgehead atoms. The van der Waals surface area contributed by atoms with Crippen LogP contribution in [0.2, 0.25) is 0 Å². The van der Waals surface area contributed by atoms with E-state index in [0.717, 1.165) is 17.0 Å². The molecule has 0 unspecified atom stereocenters. The fourth-order valence-electron chi connectivity index (χ4n) is 1.59. The third kappa shape index (κ3) is 4.86. The van der Waals surface area contributed by atoms with Crippen molar-refractivity contribution in [3.8, 4) is 5.75 Å². The average molecular weight is 269 g/mol. The standard InChI is InChI=1S/C17H19NO2/c1-17(2,19)13-20-16-10-7-14(8-11-16)6-9-15-5-3-4-12-18-15/h3-12,19H,13H2,1-2H3/b9-6+. The van der Waals surface area contributed by atoms with Gasteiger partial charge in [-0.3, -0.25) is 4.98 Å². The third-order valence-corrected chi connectivity index (χ3v) is 2.61. The molecule has 20 heavy (non-hydrogen) atoms.